The minimum atomic E-state index is -1.54. The van der Waals surface area contributed by atoms with Crippen molar-refractivity contribution in [3.8, 4) is 11.5 Å². The van der Waals surface area contributed by atoms with Gasteiger partial charge in [0.15, 0.2) is 17.3 Å². The lowest BCUT2D eigenvalue weighted by Crippen LogP contribution is -2.37. The Kier molecular flexibility index (Phi) is 2.39. The molecule has 5 nitrogen and oxygen atoms in total. The summed E-state index contributed by atoms with van der Waals surface area (Å²) >= 11 is 0. The third kappa shape index (κ3) is 1.52. The largest absolute Gasteiger partial charge is 0.454 e. The highest BCUT2D eigenvalue weighted by atomic mass is 16.7. The molecule has 5 heteroatoms. The first-order valence-electron chi connectivity index (χ1n) is 5.60. The number of fused-ring (bicyclic) bond motifs is 1. The Bertz CT molecular complexity index is 536. The molecule has 2 aliphatic rings. The van der Waals surface area contributed by atoms with Crippen molar-refractivity contribution >= 4 is 5.78 Å². The van der Waals surface area contributed by atoms with Crippen molar-refractivity contribution in [1.29, 1.82) is 0 Å². The summed E-state index contributed by atoms with van der Waals surface area (Å²) in [6, 6.07) is 5.06. The zero-order chi connectivity index (χ0) is 12.8. The van der Waals surface area contributed by atoms with Gasteiger partial charge >= 0.3 is 0 Å². The summed E-state index contributed by atoms with van der Waals surface area (Å²) in [7, 11) is 0. The van der Waals surface area contributed by atoms with E-state index in [-0.39, 0.29) is 12.6 Å². The molecule has 3 rings (SSSR count). The molecule has 1 aromatic carbocycles. The first kappa shape index (κ1) is 11.3. The number of aliphatic hydroxyl groups excluding tert-OH is 1. The van der Waals surface area contributed by atoms with E-state index in [1.807, 2.05) is 0 Å². The highest BCUT2D eigenvalue weighted by Crippen LogP contribution is 2.40. The van der Waals surface area contributed by atoms with Crippen LogP contribution in [0, 0.1) is 0 Å². The van der Waals surface area contributed by atoms with Gasteiger partial charge < -0.3 is 19.7 Å². The quantitative estimate of drug-likeness (QED) is 0.790. The van der Waals surface area contributed by atoms with E-state index in [4.69, 9.17) is 9.47 Å². The van der Waals surface area contributed by atoms with E-state index in [1.165, 1.54) is 12.2 Å². The second-order valence-electron chi connectivity index (χ2n) is 4.43. The van der Waals surface area contributed by atoms with Crippen molar-refractivity contribution in [2.75, 3.05) is 13.4 Å². The Morgan fingerprint density at radius 2 is 2.11 bits per heavy atom. The number of benzene rings is 1. The van der Waals surface area contributed by atoms with Gasteiger partial charge in [0.1, 0.15) is 5.60 Å². The summed E-state index contributed by atoms with van der Waals surface area (Å²) in [5.41, 5.74) is -0.934. The van der Waals surface area contributed by atoms with Gasteiger partial charge in [0.25, 0.3) is 0 Å². The van der Waals surface area contributed by atoms with Gasteiger partial charge in [0.05, 0.1) is 12.5 Å². The molecule has 0 bridgehead atoms. The monoisotopic (exact) mass is 248 g/mol. The van der Waals surface area contributed by atoms with Gasteiger partial charge in [-0.25, -0.2) is 0 Å². The van der Waals surface area contributed by atoms with Crippen LogP contribution in [0.25, 0.3) is 0 Å². The fraction of sp³-hybridized carbons (Fsp3) is 0.308. The second-order valence-corrected chi connectivity index (χ2v) is 4.43. The first-order chi connectivity index (χ1) is 8.64. The van der Waals surface area contributed by atoms with Crippen LogP contribution in [-0.4, -0.2) is 35.0 Å². The molecule has 94 valence electrons. The van der Waals surface area contributed by atoms with E-state index in [0.29, 0.717) is 17.1 Å². The molecule has 1 aromatic rings. The van der Waals surface area contributed by atoms with Crippen LogP contribution < -0.4 is 9.47 Å². The number of hydrogen-bond acceptors (Lipinski definition) is 5. The number of hydrogen-bond donors (Lipinski definition) is 2. The first-order valence-corrected chi connectivity index (χ1v) is 5.60. The number of ketones is 1. The summed E-state index contributed by atoms with van der Waals surface area (Å²) < 4.78 is 10.4. The molecule has 0 fully saturated rings. The molecule has 0 spiro atoms. The minimum Gasteiger partial charge on any atom is -0.454 e. The van der Waals surface area contributed by atoms with Crippen LogP contribution in [0.2, 0.25) is 0 Å². The number of ether oxygens (including phenoxy) is 2. The SMILES string of the molecule is O=C1C=C[C@@](O)(CO)[C@H]1c1ccc2c(c1)OCO2. The number of rotatable bonds is 2. The Morgan fingerprint density at radius 3 is 2.89 bits per heavy atom. The van der Waals surface area contributed by atoms with Gasteiger partial charge in [-0.2, -0.15) is 0 Å². The summed E-state index contributed by atoms with van der Waals surface area (Å²) in [5.74, 6) is 0.139. The van der Waals surface area contributed by atoms with E-state index in [9.17, 15) is 15.0 Å². The summed E-state index contributed by atoms with van der Waals surface area (Å²) in [6.07, 6.45) is 2.63. The maximum absolute atomic E-state index is 11.8. The zero-order valence-corrected chi connectivity index (χ0v) is 9.50. The Hall–Kier alpha value is -1.85. The highest BCUT2D eigenvalue weighted by Gasteiger charge is 2.43. The Morgan fingerprint density at radius 1 is 1.33 bits per heavy atom. The van der Waals surface area contributed by atoms with E-state index >= 15 is 0 Å². The standard InChI is InChI=1S/C13H12O5/c14-6-13(16)4-3-9(15)12(13)8-1-2-10-11(5-8)18-7-17-10/h1-5,12,14,16H,6-7H2/t12-,13+/m0/s1. The van der Waals surface area contributed by atoms with Crippen molar-refractivity contribution in [2.45, 2.75) is 11.5 Å². The summed E-state index contributed by atoms with van der Waals surface area (Å²) in [5, 5.41) is 19.5. The Balaban J connectivity index is 2.02. The van der Waals surface area contributed by atoms with Gasteiger partial charge in [-0.15, -0.1) is 0 Å². The van der Waals surface area contributed by atoms with Crippen LogP contribution in [0.1, 0.15) is 11.5 Å². The molecule has 1 aliphatic heterocycles. The predicted molar refractivity (Wildman–Crippen MR) is 61.5 cm³/mol. The van der Waals surface area contributed by atoms with E-state index in [0.717, 1.165) is 0 Å². The fourth-order valence-electron chi connectivity index (χ4n) is 2.35. The second kappa shape index (κ2) is 3.83. The maximum Gasteiger partial charge on any atom is 0.231 e. The molecule has 0 unspecified atom stereocenters. The van der Waals surface area contributed by atoms with Crippen LogP contribution in [0.3, 0.4) is 0 Å². The zero-order valence-electron chi connectivity index (χ0n) is 9.50. The molecular formula is C13H12O5. The summed E-state index contributed by atoms with van der Waals surface area (Å²) in [6.45, 7) is -0.353. The van der Waals surface area contributed by atoms with Crippen molar-refractivity contribution in [1.82, 2.24) is 0 Å². The normalized spacial score (nSPS) is 29.0. The van der Waals surface area contributed by atoms with Crippen molar-refractivity contribution < 1.29 is 24.5 Å². The van der Waals surface area contributed by atoms with Gasteiger partial charge in [-0.05, 0) is 29.8 Å². The van der Waals surface area contributed by atoms with Crippen LogP contribution in [0.15, 0.2) is 30.4 Å². The smallest absolute Gasteiger partial charge is 0.231 e. The van der Waals surface area contributed by atoms with Crippen LogP contribution in [-0.2, 0) is 4.79 Å². The van der Waals surface area contributed by atoms with E-state index < -0.39 is 18.1 Å². The molecule has 2 N–H and O–H groups in total. The van der Waals surface area contributed by atoms with Gasteiger partial charge in [0, 0.05) is 0 Å². The molecular weight excluding hydrogens is 236 g/mol. The van der Waals surface area contributed by atoms with Gasteiger partial charge in [-0.1, -0.05) is 6.07 Å². The third-order valence-corrected chi connectivity index (χ3v) is 3.30. The lowest BCUT2D eigenvalue weighted by atomic mass is 9.84. The minimum absolute atomic E-state index is 0.153. The average Bonchev–Trinajstić information content (AvgIpc) is 2.94. The van der Waals surface area contributed by atoms with Crippen molar-refractivity contribution in [2.24, 2.45) is 0 Å². The van der Waals surface area contributed by atoms with Gasteiger partial charge in [0.2, 0.25) is 6.79 Å². The topological polar surface area (TPSA) is 76.0 Å². The molecule has 0 amide bonds. The van der Waals surface area contributed by atoms with Crippen molar-refractivity contribution in [3.63, 3.8) is 0 Å². The third-order valence-electron chi connectivity index (χ3n) is 3.30. The summed E-state index contributed by atoms with van der Waals surface area (Å²) in [4.78, 5) is 11.8. The molecule has 0 aromatic heterocycles. The Labute approximate surface area is 103 Å². The molecule has 0 saturated carbocycles. The molecule has 0 radical (unpaired) electrons. The highest BCUT2D eigenvalue weighted by molar-refractivity contribution is 6.00. The van der Waals surface area contributed by atoms with Crippen LogP contribution in [0.5, 0.6) is 11.5 Å². The molecule has 1 aliphatic carbocycles. The molecule has 0 saturated heterocycles. The number of carbonyl (C=O) groups excluding carboxylic acids is 1. The number of aliphatic hydroxyl groups is 2. The lowest BCUT2D eigenvalue weighted by molar-refractivity contribution is -0.119. The fourth-order valence-corrected chi connectivity index (χ4v) is 2.35. The van der Waals surface area contributed by atoms with E-state index in [1.54, 1.807) is 18.2 Å². The lowest BCUT2D eigenvalue weighted by Gasteiger charge is -2.26. The maximum atomic E-state index is 11.8. The van der Waals surface area contributed by atoms with Crippen LogP contribution in [0.4, 0.5) is 0 Å². The number of allylic oxidation sites excluding steroid dienone is 1. The average molecular weight is 248 g/mol. The molecule has 1 heterocycles. The van der Waals surface area contributed by atoms with Gasteiger partial charge in [-0.3, -0.25) is 4.79 Å². The predicted octanol–water partition coefficient (Wildman–Crippen LogP) is 0.361. The van der Waals surface area contributed by atoms with E-state index in [2.05, 4.69) is 0 Å². The number of carbonyl (C=O) groups is 1. The van der Waals surface area contributed by atoms with Crippen molar-refractivity contribution in [3.05, 3.63) is 35.9 Å². The molecule has 2 atom stereocenters. The molecule has 18 heavy (non-hydrogen) atoms. The van der Waals surface area contributed by atoms with Crippen LogP contribution >= 0.6 is 0 Å².